The first-order valence-corrected chi connectivity index (χ1v) is 9.21. The summed E-state index contributed by atoms with van der Waals surface area (Å²) < 4.78 is 0.978. The SMILES string of the molecule is Cc1ccc(NC(=O)c2cc(N3CCCCCC3)ccn2)cc1Br. The van der Waals surface area contributed by atoms with Crippen LogP contribution in [0.25, 0.3) is 0 Å². The number of hydrogen-bond acceptors (Lipinski definition) is 3. The molecule has 1 aliphatic heterocycles. The molecule has 1 aromatic carbocycles. The number of nitrogens with one attached hydrogen (secondary N) is 1. The first-order chi connectivity index (χ1) is 11.6. The van der Waals surface area contributed by atoms with Crippen LogP contribution in [-0.2, 0) is 0 Å². The number of aryl methyl sites for hydroxylation is 1. The first-order valence-electron chi connectivity index (χ1n) is 8.42. The summed E-state index contributed by atoms with van der Waals surface area (Å²) in [7, 11) is 0. The van der Waals surface area contributed by atoms with E-state index in [-0.39, 0.29) is 5.91 Å². The van der Waals surface area contributed by atoms with E-state index in [2.05, 4.69) is 31.1 Å². The van der Waals surface area contributed by atoms with E-state index in [1.807, 2.05) is 37.3 Å². The molecule has 24 heavy (non-hydrogen) atoms. The van der Waals surface area contributed by atoms with Gasteiger partial charge in [0.05, 0.1) is 0 Å². The number of hydrogen-bond donors (Lipinski definition) is 1. The Balaban J connectivity index is 1.74. The van der Waals surface area contributed by atoms with Gasteiger partial charge in [-0.2, -0.15) is 0 Å². The van der Waals surface area contributed by atoms with Crippen molar-refractivity contribution in [3.05, 3.63) is 52.3 Å². The van der Waals surface area contributed by atoms with Crippen LogP contribution in [0.1, 0.15) is 41.7 Å². The van der Waals surface area contributed by atoms with E-state index < -0.39 is 0 Å². The van der Waals surface area contributed by atoms with E-state index in [1.54, 1.807) is 6.20 Å². The number of nitrogens with zero attached hydrogens (tertiary/aromatic N) is 2. The Hall–Kier alpha value is -1.88. The average molecular weight is 388 g/mol. The van der Waals surface area contributed by atoms with E-state index in [1.165, 1.54) is 25.7 Å². The topological polar surface area (TPSA) is 45.2 Å². The Morgan fingerprint density at radius 2 is 1.88 bits per heavy atom. The molecule has 3 rings (SSSR count). The van der Waals surface area contributed by atoms with Crippen LogP contribution in [0.4, 0.5) is 11.4 Å². The normalized spacial score (nSPS) is 15.0. The Morgan fingerprint density at radius 3 is 2.58 bits per heavy atom. The zero-order valence-electron chi connectivity index (χ0n) is 13.9. The Labute approximate surface area is 151 Å². The highest BCUT2D eigenvalue weighted by atomic mass is 79.9. The molecule has 5 heteroatoms. The lowest BCUT2D eigenvalue weighted by Crippen LogP contribution is -2.24. The lowest BCUT2D eigenvalue weighted by molar-refractivity contribution is 0.102. The summed E-state index contributed by atoms with van der Waals surface area (Å²) >= 11 is 3.49. The summed E-state index contributed by atoms with van der Waals surface area (Å²) in [6, 6.07) is 9.66. The fourth-order valence-corrected chi connectivity index (χ4v) is 3.31. The summed E-state index contributed by atoms with van der Waals surface area (Å²) in [6.07, 6.45) is 6.72. The molecule has 0 aliphatic carbocycles. The highest BCUT2D eigenvalue weighted by molar-refractivity contribution is 9.10. The van der Waals surface area contributed by atoms with E-state index in [0.29, 0.717) is 5.69 Å². The molecule has 4 nitrogen and oxygen atoms in total. The largest absolute Gasteiger partial charge is 0.371 e. The summed E-state index contributed by atoms with van der Waals surface area (Å²) in [5, 5.41) is 2.92. The van der Waals surface area contributed by atoms with Gasteiger partial charge in [0, 0.05) is 35.1 Å². The molecular formula is C19H22BrN3O. The Kier molecular flexibility index (Phi) is 5.51. The van der Waals surface area contributed by atoms with Crippen molar-refractivity contribution in [3.8, 4) is 0 Å². The molecule has 1 fully saturated rings. The van der Waals surface area contributed by atoms with Crippen molar-refractivity contribution < 1.29 is 4.79 Å². The molecule has 1 N–H and O–H groups in total. The minimum Gasteiger partial charge on any atom is -0.371 e. The van der Waals surface area contributed by atoms with Gasteiger partial charge < -0.3 is 10.2 Å². The van der Waals surface area contributed by atoms with Gasteiger partial charge in [-0.15, -0.1) is 0 Å². The van der Waals surface area contributed by atoms with Crippen molar-refractivity contribution in [1.82, 2.24) is 4.98 Å². The number of carbonyl (C=O) groups excluding carboxylic acids is 1. The predicted molar refractivity (Wildman–Crippen MR) is 102 cm³/mol. The minimum absolute atomic E-state index is 0.178. The molecule has 1 aliphatic rings. The smallest absolute Gasteiger partial charge is 0.274 e. The fraction of sp³-hybridized carbons (Fsp3) is 0.368. The molecular weight excluding hydrogens is 366 g/mol. The molecule has 0 bridgehead atoms. The van der Waals surface area contributed by atoms with Crippen molar-refractivity contribution in [2.45, 2.75) is 32.6 Å². The van der Waals surface area contributed by atoms with Gasteiger partial charge in [0.2, 0.25) is 0 Å². The van der Waals surface area contributed by atoms with Gasteiger partial charge in [0.15, 0.2) is 0 Å². The molecule has 2 heterocycles. The number of pyridine rings is 1. The number of halogens is 1. The van der Waals surface area contributed by atoms with Crippen LogP contribution in [0.15, 0.2) is 41.0 Å². The highest BCUT2D eigenvalue weighted by Gasteiger charge is 2.14. The average Bonchev–Trinajstić information content (AvgIpc) is 2.88. The zero-order valence-corrected chi connectivity index (χ0v) is 15.5. The van der Waals surface area contributed by atoms with Gasteiger partial charge in [0.1, 0.15) is 5.69 Å². The number of benzene rings is 1. The highest BCUT2D eigenvalue weighted by Crippen LogP contribution is 2.22. The lowest BCUT2D eigenvalue weighted by Gasteiger charge is -2.22. The third-order valence-corrected chi connectivity index (χ3v) is 5.23. The number of amides is 1. The van der Waals surface area contributed by atoms with Crippen molar-refractivity contribution in [1.29, 1.82) is 0 Å². The van der Waals surface area contributed by atoms with Crippen LogP contribution < -0.4 is 10.2 Å². The van der Waals surface area contributed by atoms with Crippen LogP contribution in [0.5, 0.6) is 0 Å². The van der Waals surface area contributed by atoms with Crippen molar-refractivity contribution >= 4 is 33.2 Å². The van der Waals surface area contributed by atoms with Crippen molar-refractivity contribution in [2.24, 2.45) is 0 Å². The van der Waals surface area contributed by atoms with Gasteiger partial charge in [0.25, 0.3) is 5.91 Å². The van der Waals surface area contributed by atoms with Crippen LogP contribution in [0.2, 0.25) is 0 Å². The van der Waals surface area contributed by atoms with Crippen molar-refractivity contribution in [3.63, 3.8) is 0 Å². The molecule has 0 saturated carbocycles. The van der Waals surface area contributed by atoms with Gasteiger partial charge in [-0.3, -0.25) is 9.78 Å². The van der Waals surface area contributed by atoms with Crippen LogP contribution in [0, 0.1) is 6.92 Å². The van der Waals surface area contributed by atoms with Crippen molar-refractivity contribution in [2.75, 3.05) is 23.3 Å². The summed E-state index contributed by atoms with van der Waals surface area (Å²) in [4.78, 5) is 19.1. The molecule has 0 radical (unpaired) electrons. The molecule has 1 saturated heterocycles. The number of anilines is 2. The maximum absolute atomic E-state index is 12.5. The van der Waals surface area contributed by atoms with Crippen LogP contribution >= 0.6 is 15.9 Å². The molecule has 0 unspecified atom stereocenters. The molecule has 0 spiro atoms. The third kappa shape index (κ3) is 4.15. The maximum atomic E-state index is 12.5. The standard InChI is InChI=1S/C19H22BrN3O/c1-14-6-7-15(12-17(14)20)22-19(24)18-13-16(8-9-21-18)23-10-4-2-3-5-11-23/h6-9,12-13H,2-5,10-11H2,1H3,(H,22,24). The Bertz CT molecular complexity index is 724. The molecule has 2 aromatic rings. The predicted octanol–water partition coefficient (Wildman–Crippen LogP) is 4.79. The van der Waals surface area contributed by atoms with E-state index in [9.17, 15) is 4.79 Å². The second-order valence-electron chi connectivity index (χ2n) is 6.22. The minimum atomic E-state index is -0.178. The van der Waals surface area contributed by atoms with Crippen LogP contribution in [-0.4, -0.2) is 24.0 Å². The third-order valence-electron chi connectivity index (χ3n) is 4.38. The lowest BCUT2D eigenvalue weighted by atomic mass is 10.2. The molecule has 1 amide bonds. The van der Waals surface area contributed by atoms with Gasteiger partial charge in [-0.1, -0.05) is 34.8 Å². The first kappa shape index (κ1) is 17.0. The summed E-state index contributed by atoms with van der Waals surface area (Å²) in [5.41, 5.74) is 3.43. The monoisotopic (exact) mass is 387 g/mol. The molecule has 0 atom stereocenters. The van der Waals surface area contributed by atoms with Gasteiger partial charge >= 0.3 is 0 Å². The van der Waals surface area contributed by atoms with Gasteiger partial charge in [-0.25, -0.2) is 0 Å². The molecule has 1 aromatic heterocycles. The fourth-order valence-electron chi connectivity index (χ4n) is 2.93. The quantitative estimate of drug-likeness (QED) is 0.823. The summed E-state index contributed by atoms with van der Waals surface area (Å²) in [6.45, 7) is 4.12. The van der Waals surface area contributed by atoms with Gasteiger partial charge in [-0.05, 0) is 49.6 Å². The second-order valence-corrected chi connectivity index (χ2v) is 7.07. The number of carbonyl (C=O) groups is 1. The summed E-state index contributed by atoms with van der Waals surface area (Å²) in [5.74, 6) is -0.178. The zero-order chi connectivity index (χ0) is 16.9. The number of aromatic nitrogens is 1. The maximum Gasteiger partial charge on any atom is 0.274 e. The van der Waals surface area contributed by atoms with E-state index in [0.717, 1.165) is 34.5 Å². The van der Waals surface area contributed by atoms with Crippen LogP contribution in [0.3, 0.4) is 0 Å². The van der Waals surface area contributed by atoms with E-state index >= 15 is 0 Å². The Morgan fingerprint density at radius 1 is 1.12 bits per heavy atom. The second kappa shape index (κ2) is 7.79. The molecule has 126 valence electrons. The van der Waals surface area contributed by atoms with E-state index in [4.69, 9.17) is 0 Å². The number of rotatable bonds is 3.